The number of nitrogens with one attached hydrogen (secondary N) is 2. The van der Waals surface area contributed by atoms with Crippen LogP contribution in [0.1, 0.15) is 42.3 Å². The molecular weight excluding hydrogens is 538 g/mol. The number of halogens is 3. The minimum Gasteiger partial charge on any atom is -0.361 e. The van der Waals surface area contributed by atoms with Gasteiger partial charge < -0.3 is 15.2 Å². The molecule has 0 bridgehead atoms. The molecular formula is C20H29BrFIN4O. The summed E-state index contributed by atoms with van der Waals surface area (Å²) >= 11 is 3.28. The Kier molecular flexibility index (Phi) is 11.7. The van der Waals surface area contributed by atoms with Gasteiger partial charge in [0.25, 0.3) is 0 Å². The quantitative estimate of drug-likeness (QED) is 0.195. The van der Waals surface area contributed by atoms with Crippen LogP contribution < -0.4 is 10.6 Å². The second kappa shape index (κ2) is 13.1. The number of aryl methyl sites for hydroxylation is 3. The maximum Gasteiger partial charge on any atom is 0.191 e. The smallest absolute Gasteiger partial charge is 0.191 e. The Morgan fingerprint density at radius 3 is 2.64 bits per heavy atom. The van der Waals surface area contributed by atoms with E-state index in [4.69, 9.17) is 4.52 Å². The molecule has 0 aliphatic rings. The molecule has 1 aromatic carbocycles. The third-order valence-electron chi connectivity index (χ3n) is 4.31. The summed E-state index contributed by atoms with van der Waals surface area (Å²) in [7, 11) is 0. The first-order chi connectivity index (χ1) is 13.0. The molecule has 5 nitrogen and oxygen atoms in total. The van der Waals surface area contributed by atoms with Crippen LogP contribution in [0, 0.1) is 19.7 Å². The van der Waals surface area contributed by atoms with Crippen LogP contribution in [0.15, 0.2) is 32.2 Å². The van der Waals surface area contributed by atoms with Crippen LogP contribution in [0.25, 0.3) is 0 Å². The molecule has 0 saturated carbocycles. The minimum atomic E-state index is -0.169. The standard InChI is InChI=1S/C20H28BrFN4O.HI/c1-4-23-20(25-12-6-8-18-14(2)26-27-15(18)3)24-11-5-7-16-9-10-17(21)13-19(16)22;/h9-10,13H,4-8,11-12H2,1-3H3,(H2,23,24,25);1H. The van der Waals surface area contributed by atoms with Gasteiger partial charge in [-0.3, -0.25) is 4.99 Å². The molecule has 2 rings (SSSR count). The molecule has 2 aromatic rings. The molecule has 0 fully saturated rings. The number of nitrogens with zero attached hydrogens (tertiary/aromatic N) is 2. The molecule has 0 aliphatic carbocycles. The molecule has 0 spiro atoms. The second-order valence-corrected chi connectivity index (χ2v) is 7.35. The van der Waals surface area contributed by atoms with Crippen molar-refractivity contribution in [1.82, 2.24) is 15.8 Å². The molecule has 1 heterocycles. The minimum absolute atomic E-state index is 0. The van der Waals surface area contributed by atoms with Gasteiger partial charge in [0.1, 0.15) is 11.6 Å². The van der Waals surface area contributed by atoms with E-state index in [1.807, 2.05) is 32.9 Å². The number of benzene rings is 1. The maximum absolute atomic E-state index is 13.8. The Labute approximate surface area is 192 Å². The van der Waals surface area contributed by atoms with E-state index in [-0.39, 0.29) is 29.8 Å². The summed E-state index contributed by atoms with van der Waals surface area (Å²) in [4.78, 5) is 4.58. The fraction of sp³-hybridized carbons (Fsp3) is 0.500. The molecule has 2 N–H and O–H groups in total. The lowest BCUT2D eigenvalue weighted by molar-refractivity contribution is 0.392. The molecule has 0 radical (unpaired) electrons. The van der Waals surface area contributed by atoms with Crippen LogP contribution >= 0.6 is 39.9 Å². The highest BCUT2D eigenvalue weighted by Gasteiger charge is 2.08. The first-order valence-electron chi connectivity index (χ1n) is 9.39. The molecule has 0 aliphatic heterocycles. The van der Waals surface area contributed by atoms with E-state index in [2.05, 4.69) is 36.7 Å². The number of aromatic nitrogens is 1. The topological polar surface area (TPSA) is 62.5 Å². The highest BCUT2D eigenvalue weighted by molar-refractivity contribution is 14.0. The summed E-state index contributed by atoms with van der Waals surface area (Å²) in [5, 5.41) is 10.6. The lowest BCUT2D eigenvalue weighted by Gasteiger charge is -2.11. The number of rotatable bonds is 9. The summed E-state index contributed by atoms with van der Waals surface area (Å²) in [6, 6.07) is 5.19. The Hall–Kier alpha value is -1.16. The van der Waals surface area contributed by atoms with Gasteiger partial charge in [0, 0.05) is 29.7 Å². The van der Waals surface area contributed by atoms with Gasteiger partial charge in [-0.15, -0.1) is 24.0 Å². The normalized spacial score (nSPS) is 11.2. The van der Waals surface area contributed by atoms with E-state index in [9.17, 15) is 4.39 Å². The van der Waals surface area contributed by atoms with Crippen molar-refractivity contribution in [2.24, 2.45) is 4.99 Å². The SMILES string of the molecule is CCNC(=NCCCc1ccc(Br)cc1F)NCCCc1c(C)noc1C.I. The molecule has 0 unspecified atom stereocenters. The van der Waals surface area contributed by atoms with E-state index in [1.165, 1.54) is 11.6 Å². The van der Waals surface area contributed by atoms with Crippen LogP contribution in [-0.4, -0.2) is 30.8 Å². The third kappa shape index (κ3) is 8.06. The second-order valence-electron chi connectivity index (χ2n) is 6.43. The van der Waals surface area contributed by atoms with Crippen molar-refractivity contribution in [3.63, 3.8) is 0 Å². The molecule has 8 heteroatoms. The van der Waals surface area contributed by atoms with Crippen LogP contribution in [0.4, 0.5) is 4.39 Å². The van der Waals surface area contributed by atoms with Crippen molar-refractivity contribution >= 4 is 45.9 Å². The average Bonchev–Trinajstić information content (AvgIpc) is 2.95. The molecule has 28 heavy (non-hydrogen) atoms. The van der Waals surface area contributed by atoms with Crippen molar-refractivity contribution in [2.45, 2.75) is 46.5 Å². The lowest BCUT2D eigenvalue weighted by atomic mass is 10.1. The van der Waals surface area contributed by atoms with Gasteiger partial charge in [0.05, 0.1) is 5.69 Å². The van der Waals surface area contributed by atoms with Crippen molar-refractivity contribution in [2.75, 3.05) is 19.6 Å². The fourth-order valence-corrected chi connectivity index (χ4v) is 3.19. The highest BCUT2D eigenvalue weighted by Crippen LogP contribution is 2.16. The third-order valence-corrected chi connectivity index (χ3v) is 4.80. The number of hydrogen-bond donors (Lipinski definition) is 2. The largest absolute Gasteiger partial charge is 0.361 e. The van der Waals surface area contributed by atoms with Gasteiger partial charge in [-0.25, -0.2) is 4.39 Å². The maximum atomic E-state index is 13.8. The Morgan fingerprint density at radius 2 is 2.00 bits per heavy atom. The van der Waals surface area contributed by atoms with Crippen LogP contribution in [0.5, 0.6) is 0 Å². The zero-order valence-electron chi connectivity index (χ0n) is 16.6. The van der Waals surface area contributed by atoms with Crippen molar-refractivity contribution in [3.8, 4) is 0 Å². The van der Waals surface area contributed by atoms with E-state index in [1.54, 1.807) is 0 Å². The molecule has 1 aromatic heterocycles. The first kappa shape index (κ1) is 24.9. The molecule has 0 atom stereocenters. The van der Waals surface area contributed by atoms with Crippen molar-refractivity contribution in [1.29, 1.82) is 0 Å². The predicted molar refractivity (Wildman–Crippen MR) is 126 cm³/mol. The summed E-state index contributed by atoms with van der Waals surface area (Å²) in [5.41, 5.74) is 2.88. The van der Waals surface area contributed by atoms with E-state index in [0.717, 1.165) is 59.8 Å². The average molecular weight is 567 g/mol. The molecule has 0 saturated heterocycles. The number of guanidine groups is 1. The van der Waals surface area contributed by atoms with E-state index >= 15 is 0 Å². The van der Waals surface area contributed by atoms with Gasteiger partial charge in [-0.05, 0) is 64.2 Å². The van der Waals surface area contributed by atoms with E-state index in [0.29, 0.717) is 13.0 Å². The monoisotopic (exact) mass is 566 g/mol. The summed E-state index contributed by atoms with van der Waals surface area (Å²) in [6.07, 6.45) is 3.37. The fourth-order valence-electron chi connectivity index (χ4n) is 2.86. The van der Waals surface area contributed by atoms with Crippen molar-refractivity contribution in [3.05, 3.63) is 51.1 Å². The lowest BCUT2D eigenvalue weighted by Crippen LogP contribution is -2.38. The Bertz CT molecular complexity index is 747. The van der Waals surface area contributed by atoms with Crippen LogP contribution in [0.3, 0.4) is 0 Å². The summed E-state index contributed by atoms with van der Waals surface area (Å²) in [6.45, 7) is 8.23. The molecule has 0 amide bonds. The van der Waals surface area contributed by atoms with Gasteiger partial charge in [0.2, 0.25) is 0 Å². The van der Waals surface area contributed by atoms with Gasteiger partial charge >= 0.3 is 0 Å². The first-order valence-corrected chi connectivity index (χ1v) is 10.2. The number of hydrogen-bond acceptors (Lipinski definition) is 3. The zero-order valence-corrected chi connectivity index (χ0v) is 20.6. The Morgan fingerprint density at radius 1 is 1.21 bits per heavy atom. The predicted octanol–water partition coefficient (Wildman–Crippen LogP) is 4.93. The zero-order chi connectivity index (χ0) is 19.6. The summed E-state index contributed by atoms with van der Waals surface area (Å²) < 4.78 is 19.8. The number of aliphatic imine (C=N–C) groups is 1. The van der Waals surface area contributed by atoms with Crippen LogP contribution in [-0.2, 0) is 12.8 Å². The van der Waals surface area contributed by atoms with E-state index < -0.39 is 0 Å². The highest BCUT2D eigenvalue weighted by atomic mass is 127. The Balaban J connectivity index is 0.00000392. The van der Waals surface area contributed by atoms with Gasteiger partial charge in [-0.1, -0.05) is 27.2 Å². The van der Waals surface area contributed by atoms with Gasteiger partial charge in [-0.2, -0.15) is 0 Å². The van der Waals surface area contributed by atoms with Crippen molar-refractivity contribution < 1.29 is 8.91 Å². The molecule has 156 valence electrons. The van der Waals surface area contributed by atoms with Crippen LogP contribution in [0.2, 0.25) is 0 Å². The van der Waals surface area contributed by atoms with Gasteiger partial charge in [0.15, 0.2) is 5.96 Å². The summed E-state index contributed by atoms with van der Waals surface area (Å²) in [5.74, 6) is 1.53.